The molecule has 10 nitrogen and oxygen atoms in total. The normalized spacial score (nSPS) is 15.5. The molecule has 188 valence electrons. The van der Waals surface area contributed by atoms with Gasteiger partial charge in [-0.2, -0.15) is 9.78 Å². The third kappa shape index (κ3) is 4.98. The highest BCUT2D eigenvalue weighted by atomic mass is 32.2. The maximum Gasteiger partial charge on any atom is 0.356 e. The Labute approximate surface area is 208 Å². The van der Waals surface area contributed by atoms with Crippen LogP contribution in [0.2, 0.25) is 0 Å². The van der Waals surface area contributed by atoms with Gasteiger partial charge < -0.3 is 15.2 Å². The number of sulfonamides is 1. The van der Waals surface area contributed by atoms with Crippen molar-refractivity contribution >= 4 is 27.6 Å². The van der Waals surface area contributed by atoms with Crippen LogP contribution in [0.5, 0.6) is 11.6 Å². The second-order valence-electron chi connectivity index (χ2n) is 9.25. The summed E-state index contributed by atoms with van der Waals surface area (Å²) < 4.78 is 36.6. The molecule has 2 aliphatic rings. The Bertz CT molecular complexity index is 1450. The highest BCUT2D eigenvalue weighted by Gasteiger charge is 2.33. The molecule has 2 saturated carbocycles. The first-order valence-electron chi connectivity index (χ1n) is 11.7. The number of rotatable bonds is 9. The van der Waals surface area contributed by atoms with E-state index in [0.717, 1.165) is 31.2 Å². The lowest BCUT2D eigenvalue weighted by molar-refractivity contribution is -0.117. The van der Waals surface area contributed by atoms with Gasteiger partial charge in [-0.1, -0.05) is 17.7 Å². The van der Waals surface area contributed by atoms with Crippen LogP contribution in [0.15, 0.2) is 47.4 Å². The van der Waals surface area contributed by atoms with E-state index < -0.39 is 16.0 Å². The standard InChI is InChI=1S/C25H26N4O6S/c1-14-3-10-19(11-4-14)29-24(15(2)22(27-29)25(31)32)35-20-12-9-18(26-23(30)16-5-6-16)13-21(20)36(33,34)28-17-7-8-17/h3-4,9-13,16-17,28H,5-8H2,1-2H3,(H,26,30)(H,31,32). The lowest BCUT2D eigenvalue weighted by atomic mass is 10.2. The molecule has 0 aliphatic heterocycles. The van der Waals surface area contributed by atoms with Crippen molar-refractivity contribution in [1.82, 2.24) is 14.5 Å². The number of hydrogen-bond donors (Lipinski definition) is 3. The molecule has 0 radical (unpaired) electrons. The van der Waals surface area contributed by atoms with Crippen LogP contribution in [0, 0.1) is 19.8 Å². The molecule has 0 spiro atoms. The van der Waals surface area contributed by atoms with Gasteiger partial charge in [0.2, 0.25) is 21.8 Å². The van der Waals surface area contributed by atoms with Crippen molar-refractivity contribution in [3.63, 3.8) is 0 Å². The van der Waals surface area contributed by atoms with Gasteiger partial charge in [-0.05, 0) is 69.9 Å². The summed E-state index contributed by atoms with van der Waals surface area (Å²) in [6.45, 7) is 3.48. The van der Waals surface area contributed by atoms with E-state index in [1.807, 2.05) is 19.1 Å². The number of amides is 1. The molecule has 2 aromatic carbocycles. The van der Waals surface area contributed by atoms with Crippen molar-refractivity contribution in [2.75, 3.05) is 5.32 Å². The zero-order chi connectivity index (χ0) is 25.6. The minimum Gasteiger partial charge on any atom is -0.476 e. The van der Waals surface area contributed by atoms with Gasteiger partial charge in [-0.3, -0.25) is 4.79 Å². The summed E-state index contributed by atoms with van der Waals surface area (Å²) in [5, 5.41) is 16.6. The number of carbonyl (C=O) groups excluding carboxylic acids is 1. The molecule has 0 atom stereocenters. The SMILES string of the molecule is Cc1ccc(-n2nc(C(=O)O)c(C)c2Oc2ccc(NC(=O)C3CC3)cc2S(=O)(=O)NC2CC2)cc1. The first kappa shape index (κ1) is 24.0. The number of hydrogen-bond acceptors (Lipinski definition) is 6. The molecular weight excluding hydrogens is 484 g/mol. The zero-order valence-corrected chi connectivity index (χ0v) is 20.6. The van der Waals surface area contributed by atoms with Crippen LogP contribution in [0.3, 0.4) is 0 Å². The lowest BCUT2D eigenvalue weighted by Crippen LogP contribution is -2.26. The second kappa shape index (κ2) is 9.07. The molecular formula is C25H26N4O6S. The molecule has 36 heavy (non-hydrogen) atoms. The van der Waals surface area contributed by atoms with E-state index in [9.17, 15) is 23.1 Å². The lowest BCUT2D eigenvalue weighted by Gasteiger charge is -2.16. The number of aromatic nitrogens is 2. The van der Waals surface area contributed by atoms with Crippen LogP contribution in [0.4, 0.5) is 5.69 Å². The fourth-order valence-electron chi connectivity index (χ4n) is 3.72. The fourth-order valence-corrected chi connectivity index (χ4v) is 5.18. The molecule has 2 aliphatic carbocycles. The number of nitrogens with one attached hydrogen (secondary N) is 2. The number of ether oxygens (including phenoxy) is 1. The summed E-state index contributed by atoms with van der Waals surface area (Å²) in [7, 11) is -3.99. The number of aryl methyl sites for hydroxylation is 1. The van der Waals surface area contributed by atoms with Crippen LogP contribution in [0.25, 0.3) is 5.69 Å². The van der Waals surface area contributed by atoms with Crippen molar-refractivity contribution in [3.8, 4) is 17.3 Å². The highest BCUT2D eigenvalue weighted by Crippen LogP contribution is 2.37. The van der Waals surface area contributed by atoms with E-state index in [0.29, 0.717) is 11.4 Å². The Morgan fingerprint density at radius 2 is 1.75 bits per heavy atom. The molecule has 3 N–H and O–H groups in total. The maximum absolute atomic E-state index is 13.2. The van der Waals surface area contributed by atoms with Crippen molar-refractivity contribution in [1.29, 1.82) is 0 Å². The van der Waals surface area contributed by atoms with Gasteiger partial charge in [0, 0.05) is 23.2 Å². The number of carboxylic acid groups (broad SMARTS) is 1. The first-order chi connectivity index (χ1) is 17.1. The van der Waals surface area contributed by atoms with E-state index in [1.54, 1.807) is 25.1 Å². The summed E-state index contributed by atoms with van der Waals surface area (Å²) in [5.74, 6) is -1.37. The van der Waals surface area contributed by atoms with Crippen LogP contribution >= 0.6 is 0 Å². The van der Waals surface area contributed by atoms with Crippen molar-refractivity contribution in [2.24, 2.45) is 5.92 Å². The minimum atomic E-state index is -3.99. The smallest absolute Gasteiger partial charge is 0.356 e. The van der Waals surface area contributed by atoms with Gasteiger partial charge in [0.05, 0.1) is 5.69 Å². The molecule has 11 heteroatoms. The molecule has 1 heterocycles. The Morgan fingerprint density at radius 1 is 1.06 bits per heavy atom. The largest absolute Gasteiger partial charge is 0.476 e. The van der Waals surface area contributed by atoms with Crippen LogP contribution in [-0.4, -0.2) is 41.2 Å². The van der Waals surface area contributed by atoms with E-state index in [1.165, 1.54) is 16.8 Å². The Kier molecular flexibility index (Phi) is 6.05. The van der Waals surface area contributed by atoms with Crippen molar-refractivity contribution < 1.29 is 27.9 Å². The maximum atomic E-state index is 13.2. The van der Waals surface area contributed by atoms with Gasteiger partial charge in [-0.15, -0.1) is 0 Å². The number of carboxylic acids is 1. The van der Waals surface area contributed by atoms with Crippen LogP contribution < -0.4 is 14.8 Å². The Balaban J connectivity index is 1.58. The topological polar surface area (TPSA) is 140 Å². The first-order valence-corrected chi connectivity index (χ1v) is 13.2. The summed E-state index contributed by atoms with van der Waals surface area (Å²) in [6.07, 6.45) is 3.12. The number of benzene rings is 2. The average molecular weight is 511 g/mol. The quantitative estimate of drug-likeness (QED) is 0.398. The van der Waals surface area contributed by atoms with E-state index in [4.69, 9.17) is 4.74 Å². The molecule has 0 bridgehead atoms. The number of anilines is 1. The summed E-state index contributed by atoms with van der Waals surface area (Å²) in [4.78, 5) is 23.9. The third-order valence-electron chi connectivity index (χ3n) is 6.10. The molecule has 1 aromatic heterocycles. The monoisotopic (exact) mass is 510 g/mol. The molecule has 1 amide bonds. The van der Waals surface area contributed by atoms with Crippen LogP contribution in [0.1, 0.15) is 47.3 Å². The number of nitrogens with zero attached hydrogens (tertiary/aromatic N) is 2. The van der Waals surface area contributed by atoms with Gasteiger partial charge in [-0.25, -0.2) is 17.9 Å². The van der Waals surface area contributed by atoms with E-state index in [-0.39, 0.29) is 45.6 Å². The second-order valence-corrected chi connectivity index (χ2v) is 10.9. The number of aromatic carboxylic acids is 1. The predicted octanol–water partition coefficient (Wildman–Crippen LogP) is 3.77. The van der Waals surface area contributed by atoms with Gasteiger partial charge >= 0.3 is 5.97 Å². The molecule has 5 rings (SSSR count). The number of carbonyl (C=O) groups is 2. The molecule has 0 unspecified atom stereocenters. The summed E-state index contributed by atoms with van der Waals surface area (Å²) in [5.41, 5.74) is 1.93. The molecule has 0 saturated heterocycles. The highest BCUT2D eigenvalue weighted by molar-refractivity contribution is 7.89. The average Bonchev–Trinajstić information content (AvgIpc) is 3.75. The van der Waals surface area contributed by atoms with Gasteiger partial charge in [0.25, 0.3) is 0 Å². The van der Waals surface area contributed by atoms with E-state index in [2.05, 4.69) is 15.1 Å². The zero-order valence-electron chi connectivity index (χ0n) is 19.8. The van der Waals surface area contributed by atoms with Gasteiger partial charge in [0.1, 0.15) is 10.6 Å². The molecule has 3 aromatic rings. The Morgan fingerprint density at radius 3 is 2.36 bits per heavy atom. The van der Waals surface area contributed by atoms with Crippen LogP contribution in [-0.2, 0) is 14.8 Å². The third-order valence-corrected chi connectivity index (χ3v) is 7.65. The van der Waals surface area contributed by atoms with E-state index >= 15 is 0 Å². The van der Waals surface area contributed by atoms with Gasteiger partial charge in [0.15, 0.2) is 5.69 Å². The van der Waals surface area contributed by atoms with Crippen molar-refractivity contribution in [2.45, 2.75) is 50.5 Å². The fraction of sp³-hybridized carbons (Fsp3) is 0.320. The predicted molar refractivity (Wildman–Crippen MR) is 131 cm³/mol. The summed E-state index contributed by atoms with van der Waals surface area (Å²) in [6, 6.07) is 11.5. The van der Waals surface area contributed by atoms with Crippen molar-refractivity contribution in [3.05, 3.63) is 59.3 Å². The minimum absolute atomic E-state index is 0.0131. The Hall–Kier alpha value is -3.70. The summed E-state index contributed by atoms with van der Waals surface area (Å²) >= 11 is 0. The molecule has 2 fully saturated rings.